The number of hydrogen-bond donors (Lipinski definition) is 1. The third-order valence-electron chi connectivity index (χ3n) is 2.47. The molecular formula is C10H20F3N. The molecule has 2 atom stereocenters. The molecule has 0 rings (SSSR count). The minimum Gasteiger partial charge on any atom is -0.320 e. The highest BCUT2D eigenvalue weighted by atomic mass is 19.4. The number of hydrogen-bond acceptors (Lipinski definition) is 1. The summed E-state index contributed by atoms with van der Waals surface area (Å²) < 4.78 is 37.0. The van der Waals surface area contributed by atoms with Gasteiger partial charge in [0.2, 0.25) is 0 Å². The second-order valence-corrected chi connectivity index (χ2v) is 3.76. The lowest BCUT2D eigenvalue weighted by Gasteiger charge is -2.25. The van der Waals surface area contributed by atoms with Crippen molar-refractivity contribution < 1.29 is 13.2 Å². The van der Waals surface area contributed by atoms with E-state index in [0.717, 1.165) is 19.3 Å². The highest BCUT2D eigenvalue weighted by Gasteiger charge is 2.40. The highest BCUT2D eigenvalue weighted by Crippen LogP contribution is 2.29. The normalized spacial score (nSPS) is 16.7. The van der Waals surface area contributed by atoms with Gasteiger partial charge in [-0.25, -0.2) is 0 Å². The van der Waals surface area contributed by atoms with E-state index < -0.39 is 18.1 Å². The smallest absolute Gasteiger partial charge is 0.320 e. The van der Waals surface area contributed by atoms with Gasteiger partial charge in [0, 0.05) is 0 Å². The molecule has 0 radical (unpaired) electrons. The zero-order valence-electron chi connectivity index (χ0n) is 8.90. The van der Waals surface area contributed by atoms with Crippen molar-refractivity contribution in [3.05, 3.63) is 0 Å². The molecule has 0 fully saturated rings. The maximum Gasteiger partial charge on any atom is 0.403 e. The van der Waals surface area contributed by atoms with Crippen molar-refractivity contribution in [3.8, 4) is 0 Å². The first-order valence-electron chi connectivity index (χ1n) is 5.25. The van der Waals surface area contributed by atoms with Gasteiger partial charge in [-0.15, -0.1) is 0 Å². The van der Waals surface area contributed by atoms with Crippen molar-refractivity contribution in [3.63, 3.8) is 0 Å². The Kier molecular flexibility index (Phi) is 6.16. The summed E-state index contributed by atoms with van der Waals surface area (Å²) in [6, 6.07) is -1.64. The van der Waals surface area contributed by atoms with E-state index in [1.165, 1.54) is 0 Å². The van der Waals surface area contributed by atoms with Gasteiger partial charge in [-0.2, -0.15) is 13.2 Å². The Morgan fingerprint density at radius 1 is 1.07 bits per heavy atom. The van der Waals surface area contributed by atoms with Gasteiger partial charge in [0.25, 0.3) is 0 Å². The van der Waals surface area contributed by atoms with Crippen molar-refractivity contribution in [2.45, 2.75) is 58.2 Å². The Morgan fingerprint density at radius 2 is 1.64 bits per heavy atom. The van der Waals surface area contributed by atoms with Crippen LogP contribution in [-0.4, -0.2) is 12.2 Å². The number of halogens is 3. The average molecular weight is 211 g/mol. The SMILES string of the molecule is CCCCC(CCC)C(N)C(F)(F)F. The maximum absolute atomic E-state index is 12.3. The van der Waals surface area contributed by atoms with Crippen molar-refractivity contribution >= 4 is 0 Å². The third-order valence-corrected chi connectivity index (χ3v) is 2.47. The molecule has 2 N–H and O–H groups in total. The van der Waals surface area contributed by atoms with E-state index in [-0.39, 0.29) is 0 Å². The second-order valence-electron chi connectivity index (χ2n) is 3.76. The van der Waals surface area contributed by atoms with Gasteiger partial charge >= 0.3 is 6.18 Å². The Balaban J connectivity index is 4.17. The summed E-state index contributed by atoms with van der Waals surface area (Å²) in [4.78, 5) is 0. The van der Waals surface area contributed by atoms with E-state index in [9.17, 15) is 13.2 Å². The van der Waals surface area contributed by atoms with Gasteiger partial charge in [-0.05, 0) is 18.8 Å². The van der Waals surface area contributed by atoms with E-state index in [1.54, 1.807) is 0 Å². The van der Waals surface area contributed by atoms with Gasteiger partial charge in [-0.3, -0.25) is 0 Å². The molecule has 0 spiro atoms. The largest absolute Gasteiger partial charge is 0.403 e. The number of alkyl halides is 3. The fourth-order valence-corrected chi connectivity index (χ4v) is 1.61. The molecule has 86 valence electrons. The monoisotopic (exact) mass is 211 g/mol. The fourth-order valence-electron chi connectivity index (χ4n) is 1.61. The van der Waals surface area contributed by atoms with E-state index >= 15 is 0 Å². The molecule has 0 aromatic carbocycles. The molecular weight excluding hydrogens is 191 g/mol. The molecule has 0 heterocycles. The zero-order chi connectivity index (χ0) is 11.2. The van der Waals surface area contributed by atoms with Crippen LogP contribution in [0.3, 0.4) is 0 Å². The lowest BCUT2D eigenvalue weighted by atomic mass is 9.90. The van der Waals surface area contributed by atoms with E-state index in [0.29, 0.717) is 12.8 Å². The summed E-state index contributed by atoms with van der Waals surface area (Å²) in [7, 11) is 0. The predicted molar refractivity (Wildman–Crippen MR) is 52.0 cm³/mol. The van der Waals surface area contributed by atoms with Crippen LogP contribution in [0.1, 0.15) is 46.0 Å². The van der Waals surface area contributed by atoms with Crippen molar-refractivity contribution in [1.29, 1.82) is 0 Å². The van der Waals surface area contributed by atoms with Crippen LogP contribution in [0, 0.1) is 5.92 Å². The van der Waals surface area contributed by atoms with Crippen LogP contribution in [0.2, 0.25) is 0 Å². The lowest BCUT2D eigenvalue weighted by molar-refractivity contribution is -0.160. The van der Waals surface area contributed by atoms with Crippen molar-refractivity contribution in [2.24, 2.45) is 11.7 Å². The number of rotatable bonds is 6. The third kappa shape index (κ3) is 4.84. The van der Waals surface area contributed by atoms with Crippen LogP contribution in [0.15, 0.2) is 0 Å². The van der Waals surface area contributed by atoms with Crippen LogP contribution in [0.5, 0.6) is 0 Å². The molecule has 14 heavy (non-hydrogen) atoms. The quantitative estimate of drug-likeness (QED) is 0.715. The van der Waals surface area contributed by atoms with Gasteiger partial charge < -0.3 is 5.73 Å². The second kappa shape index (κ2) is 6.27. The number of nitrogens with two attached hydrogens (primary N) is 1. The first-order chi connectivity index (χ1) is 6.43. The van der Waals surface area contributed by atoms with E-state index in [2.05, 4.69) is 0 Å². The first kappa shape index (κ1) is 13.8. The summed E-state index contributed by atoms with van der Waals surface area (Å²) in [6.45, 7) is 3.87. The Bertz CT molecular complexity index is 145. The molecule has 0 saturated heterocycles. The van der Waals surface area contributed by atoms with Gasteiger partial charge in [-0.1, -0.05) is 33.1 Å². The highest BCUT2D eigenvalue weighted by molar-refractivity contribution is 4.79. The van der Waals surface area contributed by atoms with Gasteiger partial charge in [0.1, 0.15) is 6.04 Å². The molecule has 0 saturated carbocycles. The van der Waals surface area contributed by atoms with Gasteiger partial charge in [0.05, 0.1) is 0 Å². The average Bonchev–Trinajstić information content (AvgIpc) is 2.09. The topological polar surface area (TPSA) is 26.0 Å². The molecule has 0 aromatic heterocycles. The van der Waals surface area contributed by atoms with E-state index in [1.807, 2.05) is 13.8 Å². The Hall–Kier alpha value is -0.250. The van der Waals surface area contributed by atoms with Crippen molar-refractivity contribution in [2.75, 3.05) is 0 Å². The van der Waals surface area contributed by atoms with Crippen LogP contribution < -0.4 is 5.73 Å². The Labute approximate surface area is 83.9 Å². The summed E-state index contributed by atoms with van der Waals surface area (Å²) in [6.07, 6.45) is -0.573. The van der Waals surface area contributed by atoms with Gasteiger partial charge in [0.15, 0.2) is 0 Å². The molecule has 0 aliphatic heterocycles. The first-order valence-corrected chi connectivity index (χ1v) is 5.25. The summed E-state index contributed by atoms with van der Waals surface area (Å²) in [5.41, 5.74) is 5.20. The summed E-state index contributed by atoms with van der Waals surface area (Å²) in [5, 5.41) is 0. The molecule has 1 nitrogen and oxygen atoms in total. The summed E-state index contributed by atoms with van der Waals surface area (Å²) in [5.74, 6) is -0.403. The fraction of sp³-hybridized carbons (Fsp3) is 1.00. The lowest BCUT2D eigenvalue weighted by Crippen LogP contribution is -2.43. The number of unbranched alkanes of at least 4 members (excludes halogenated alkanes) is 1. The summed E-state index contributed by atoms with van der Waals surface area (Å²) >= 11 is 0. The molecule has 0 aliphatic carbocycles. The van der Waals surface area contributed by atoms with Crippen LogP contribution >= 0.6 is 0 Å². The van der Waals surface area contributed by atoms with E-state index in [4.69, 9.17) is 5.73 Å². The Morgan fingerprint density at radius 3 is 2.00 bits per heavy atom. The molecule has 2 unspecified atom stereocenters. The molecule has 0 bridgehead atoms. The minimum atomic E-state index is -4.24. The molecule has 0 aromatic rings. The van der Waals surface area contributed by atoms with Crippen LogP contribution in [0.25, 0.3) is 0 Å². The van der Waals surface area contributed by atoms with Crippen LogP contribution in [0.4, 0.5) is 13.2 Å². The zero-order valence-corrected chi connectivity index (χ0v) is 8.90. The maximum atomic E-state index is 12.3. The van der Waals surface area contributed by atoms with Crippen molar-refractivity contribution in [1.82, 2.24) is 0 Å². The molecule has 4 heteroatoms. The standard InChI is InChI=1S/C10H20F3N/c1-3-5-7-8(6-4-2)9(14)10(11,12)13/h8-9H,3-7,14H2,1-2H3. The minimum absolute atomic E-state index is 0.403. The predicted octanol–water partition coefficient (Wildman–Crippen LogP) is 3.48. The molecule has 0 amide bonds. The van der Waals surface area contributed by atoms with Crippen LogP contribution in [-0.2, 0) is 0 Å². The molecule has 0 aliphatic rings.